The minimum Gasteiger partial charge on any atom is -0.323 e. The highest BCUT2D eigenvalue weighted by atomic mass is 35.5. The molecular weight excluding hydrogens is 214 g/mol. The lowest BCUT2D eigenvalue weighted by molar-refractivity contribution is 0.311. The summed E-state index contributed by atoms with van der Waals surface area (Å²) in [5.74, 6) is 0.653. The van der Waals surface area contributed by atoms with Crippen LogP contribution in [0.5, 0.6) is 0 Å². The predicted octanol–water partition coefficient (Wildman–Crippen LogP) is 3.98. The quantitative estimate of drug-likeness (QED) is 0.816. The standard InChI is InChI=1S/C11H16ClNS/c12-9-6-7-14-11(9)10(13)8-4-2-1-3-5-8/h6-8,10H,1-5,13H2. The van der Waals surface area contributed by atoms with Crippen LogP contribution in [0.3, 0.4) is 0 Å². The third kappa shape index (κ3) is 2.13. The van der Waals surface area contributed by atoms with E-state index >= 15 is 0 Å². The van der Waals surface area contributed by atoms with E-state index in [1.807, 2.05) is 11.4 Å². The molecule has 0 spiro atoms. The molecule has 1 atom stereocenters. The van der Waals surface area contributed by atoms with Crippen LogP contribution in [0.2, 0.25) is 5.02 Å². The summed E-state index contributed by atoms with van der Waals surface area (Å²) in [5.41, 5.74) is 6.24. The van der Waals surface area contributed by atoms with E-state index < -0.39 is 0 Å². The molecule has 0 saturated heterocycles. The SMILES string of the molecule is NC(c1sccc1Cl)C1CCCCC1. The third-order valence-electron chi connectivity index (χ3n) is 3.11. The summed E-state index contributed by atoms with van der Waals surface area (Å²) in [6.07, 6.45) is 6.59. The molecule has 1 fully saturated rings. The van der Waals surface area contributed by atoms with E-state index in [0.29, 0.717) is 5.92 Å². The van der Waals surface area contributed by atoms with E-state index in [2.05, 4.69) is 0 Å². The van der Waals surface area contributed by atoms with Crippen LogP contribution in [-0.4, -0.2) is 0 Å². The smallest absolute Gasteiger partial charge is 0.0561 e. The van der Waals surface area contributed by atoms with Gasteiger partial charge in [0, 0.05) is 10.9 Å². The van der Waals surface area contributed by atoms with Crippen LogP contribution in [0.15, 0.2) is 11.4 Å². The fourth-order valence-electron chi connectivity index (χ4n) is 2.25. The number of hydrogen-bond acceptors (Lipinski definition) is 2. The Morgan fingerprint density at radius 1 is 1.36 bits per heavy atom. The van der Waals surface area contributed by atoms with Gasteiger partial charge in [0.15, 0.2) is 0 Å². The van der Waals surface area contributed by atoms with Crippen molar-refractivity contribution in [2.75, 3.05) is 0 Å². The highest BCUT2D eigenvalue weighted by molar-refractivity contribution is 7.10. The Hall–Kier alpha value is -0.0500. The largest absolute Gasteiger partial charge is 0.323 e. The second-order valence-corrected chi connectivity index (χ2v) is 5.41. The van der Waals surface area contributed by atoms with Crippen molar-refractivity contribution < 1.29 is 0 Å². The molecule has 78 valence electrons. The van der Waals surface area contributed by atoms with Crippen LogP contribution < -0.4 is 5.73 Å². The first-order chi connectivity index (χ1) is 6.79. The second kappa shape index (κ2) is 4.65. The van der Waals surface area contributed by atoms with Gasteiger partial charge in [-0.25, -0.2) is 0 Å². The lowest BCUT2D eigenvalue weighted by Gasteiger charge is -2.26. The second-order valence-electron chi connectivity index (χ2n) is 4.06. The molecule has 14 heavy (non-hydrogen) atoms. The van der Waals surface area contributed by atoms with Gasteiger partial charge in [-0.1, -0.05) is 30.9 Å². The van der Waals surface area contributed by atoms with Gasteiger partial charge in [-0.2, -0.15) is 0 Å². The van der Waals surface area contributed by atoms with Crippen molar-refractivity contribution in [3.63, 3.8) is 0 Å². The summed E-state index contributed by atoms with van der Waals surface area (Å²) in [7, 11) is 0. The maximum Gasteiger partial charge on any atom is 0.0561 e. The van der Waals surface area contributed by atoms with Gasteiger partial charge in [-0.05, 0) is 30.2 Å². The van der Waals surface area contributed by atoms with E-state index in [-0.39, 0.29) is 6.04 Å². The molecule has 2 rings (SSSR count). The van der Waals surface area contributed by atoms with Gasteiger partial charge >= 0.3 is 0 Å². The Morgan fingerprint density at radius 3 is 2.64 bits per heavy atom. The van der Waals surface area contributed by atoms with E-state index in [1.165, 1.54) is 37.0 Å². The summed E-state index contributed by atoms with van der Waals surface area (Å²) in [5, 5.41) is 2.88. The van der Waals surface area contributed by atoms with Crippen molar-refractivity contribution in [1.82, 2.24) is 0 Å². The number of rotatable bonds is 2. The first kappa shape index (κ1) is 10.5. The molecule has 1 heterocycles. The van der Waals surface area contributed by atoms with Crippen molar-refractivity contribution in [1.29, 1.82) is 0 Å². The molecule has 1 aliphatic carbocycles. The molecular formula is C11H16ClNS. The Balaban J connectivity index is 2.07. The number of halogens is 1. The third-order valence-corrected chi connectivity index (χ3v) is 4.57. The van der Waals surface area contributed by atoms with Crippen LogP contribution in [-0.2, 0) is 0 Å². The molecule has 1 unspecified atom stereocenters. The molecule has 0 amide bonds. The normalized spacial score (nSPS) is 21.0. The van der Waals surface area contributed by atoms with E-state index in [4.69, 9.17) is 17.3 Å². The zero-order chi connectivity index (χ0) is 9.97. The molecule has 2 N–H and O–H groups in total. The first-order valence-corrected chi connectivity index (χ1v) is 6.53. The topological polar surface area (TPSA) is 26.0 Å². The maximum absolute atomic E-state index is 6.24. The van der Waals surface area contributed by atoms with Crippen LogP contribution in [0.1, 0.15) is 43.0 Å². The molecule has 1 aliphatic rings. The molecule has 1 aromatic heterocycles. The summed E-state index contributed by atoms with van der Waals surface area (Å²) in [6, 6.07) is 2.12. The Labute approximate surface area is 94.3 Å². The highest BCUT2D eigenvalue weighted by Crippen LogP contribution is 2.37. The van der Waals surface area contributed by atoms with Crippen molar-refractivity contribution in [3.8, 4) is 0 Å². The molecule has 0 radical (unpaired) electrons. The van der Waals surface area contributed by atoms with Gasteiger partial charge in [-0.15, -0.1) is 11.3 Å². The maximum atomic E-state index is 6.24. The number of hydrogen-bond donors (Lipinski definition) is 1. The zero-order valence-electron chi connectivity index (χ0n) is 8.21. The van der Waals surface area contributed by atoms with E-state index in [9.17, 15) is 0 Å². The van der Waals surface area contributed by atoms with Gasteiger partial charge in [0.2, 0.25) is 0 Å². The van der Waals surface area contributed by atoms with E-state index in [1.54, 1.807) is 11.3 Å². The first-order valence-electron chi connectivity index (χ1n) is 5.27. The summed E-state index contributed by atoms with van der Waals surface area (Å²) < 4.78 is 0. The summed E-state index contributed by atoms with van der Waals surface area (Å²) >= 11 is 7.78. The Bertz CT molecular complexity index is 291. The monoisotopic (exact) mass is 229 g/mol. The average Bonchev–Trinajstić information content (AvgIpc) is 2.65. The lowest BCUT2D eigenvalue weighted by atomic mass is 9.84. The molecule has 0 aliphatic heterocycles. The van der Waals surface area contributed by atoms with Crippen molar-refractivity contribution >= 4 is 22.9 Å². The molecule has 3 heteroatoms. The average molecular weight is 230 g/mol. The van der Waals surface area contributed by atoms with Crippen LogP contribution in [0.25, 0.3) is 0 Å². The van der Waals surface area contributed by atoms with Crippen molar-refractivity contribution in [3.05, 3.63) is 21.3 Å². The Morgan fingerprint density at radius 2 is 2.07 bits per heavy atom. The number of thiophene rings is 1. The minimum atomic E-state index is 0.169. The van der Waals surface area contributed by atoms with Gasteiger partial charge in [0.1, 0.15) is 0 Å². The molecule has 0 bridgehead atoms. The minimum absolute atomic E-state index is 0.169. The molecule has 1 saturated carbocycles. The Kier molecular flexibility index (Phi) is 3.47. The summed E-state index contributed by atoms with van der Waals surface area (Å²) in [6.45, 7) is 0. The van der Waals surface area contributed by atoms with Crippen LogP contribution >= 0.6 is 22.9 Å². The van der Waals surface area contributed by atoms with E-state index in [0.717, 1.165) is 5.02 Å². The van der Waals surface area contributed by atoms with Gasteiger partial charge in [-0.3, -0.25) is 0 Å². The highest BCUT2D eigenvalue weighted by Gasteiger charge is 2.23. The van der Waals surface area contributed by atoms with Crippen LogP contribution in [0, 0.1) is 5.92 Å². The molecule has 1 nitrogen and oxygen atoms in total. The van der Waals surface area contributed by atoms with Crippen LogP contribution in [0.4, 0.5) is 0 Å². The molecule has 1 aromatic rings. The van der Waals surface area contributed by atoms with Gasteiger partial charge in [0.05, 0.1) is 5.02 Å². The summed E-state index contributed by atoms with van der Waals surface area (Å²) in [4.78, 5) is 1.18. The van der Waals surface area contributed by atoms with Crippen molar-refractivity contribution in [2.45, 2.75) is 38.1 Å². The predicted molar refractivity (Wildman–Crippen MR) is 62.8 cm³/mol. The van der Waals surface area contributed by atoms with Gasteiger partial charge in [0.25, 0.3) is 0 Å². The number of nitrogens with two attached hydrogens (primary N) is 1. The fraction of sp³-hybridized carbons (Fsp3) is 0.636. The van der Waals surface area contributed by atoms with Crippen molar-refractivity contribution in [2.24, 2.45) is 11.7 Å². The lowest BCUT2D eigenvalue weighted by Crippen LogP contribution is -2.22. The fourth-order valence-corrected chi connectivity index (χ4v) is 3.53. The molecule has 0 aromatic carbocycles. The van der Waals surface area contributed by atoms with Gasteiger partial charge < -0.3 is 5.73 Å². The zero-order valence-corrected chi connectivity index (χ0v) is 9.78.